The zero-order valence-corrected chi connectivity index (χ0v) is 13.0. The van der Waals surface area contributed by atoms with Gasteiger partial charge in [0.1, 0.15) is 0 Å². The zero-order valence-electron chi connectivity index (χ0n) is 11.4. The number of nitrogens with zero attached hydrogens (tertiary/aromatic N) is 1. The van der Waals surface area contributed by atoms with E-state index in [-0.39, 0.29) is 5.91 Å². The number of carbonyl (C=O) groups excluding carboxylic acids is 1. The molecule has 3 N–H and O–H groups in total. The van der Waals surface area contributed by atoms with Crippen molar-refractivity contribution in [3.05, 3.63) is 34.3 Å². The van der Waals surface area contributed by atoms with Crippen LogP contribution in [0.5, 0.6) is 0 Å². The van der Waals surface area contributed by atoms with E-state index in [9.17, 15) is 4.79 Å². The molecule has 108 valence electrons. The topological polar surface area (TPSA) is 65.5 Å². The predicted octanol–water partition coefficient (Wildman–Crippen LogP) is 1.51. The van der Waals surface area contributed by atoms with E-state index in [4.69, 9.17) is 0 Å². The minimum Gasteiger partial charge on any atom is -0.355 e. The average molecular weight is 339 g/mol. The second-order valence-electron chi connectivity index (χ2n) is 4.68. The number of rotatable bonds is 5. The summed E-state index contributed by atoms with van der Waals surface area (Å²) < 4.78 is 0.900. The largest absolute Gasteiger partial charge is 0.355 e. The van der Waals surface area contributed by atoms with Gasteiger partial charge in [-0.1, -0.05) is 22.0 Å². The van der Waals surface area contributed by atoms with Crippen LogP contribution >= 0.6 is 15.9 Å². The number of benzene rings is 1. The second-order valence-corrected chi connectivity index (χ2v) is 5.60. The van der Waals surface area contributed by atoms with Gasteiger partial charge in [-0.3, -0.25) is 9.79 Å². The molecule has 1 aromatic rings. The molecule has 0 radical (unpaired) electrons. The third-order valence-electron chi connectivity index (χ3n) is 2.93. The number of hydrogen-bond acceptors (Lipinski definition) is 2. The van der Waals surface area contributed by atoms with Crippen molar-refractivity contribution in [2.45, 2.75) is 18.9 Å². The number of amides is 1. The molecule has 1 fully saturated rings. The van der Waals surface area contributed by atoms with Gasteiger partial charge >= 0.3 is 0 Å². The van der Waals surface area contributed by atoms with E-state index in [1.54, 1.807) is 19.2 Å². The fraction of sp³-hybridized carbons (Fsp3) is 0.429. The summed E-state index contributed by atoms with van der Waals surface area (Å²) in [6.45, 7) is 1.20. The van der Waals surface area contributed by atoms with Crippen LogP contribution in [-0.2, 0) is 0 Å². The molecule has 0 unspecified atom stereocenters. The molecule has 0 atom stereocenters. The summed E-state index contributed by atoms with van der Waals surface area (Å²) >= 11 is 3.35. The van der Waals surface area contributed by atoms with E-state index < -0.39 is 0 Å². The fourth-order valence-corrected chi connectivity index (χ4v) is 2.10. The number of aliphatic imine (C=N–C) groups is 1. The van der Waals surface area contributed by atoms with Crippen LogP contribution < -0.4 is 16.0 Å². The minimum atomic E-state index is -0.0711. The molecule has 2 rings (SSSR count). The molecule has 1 aliphatic rings. The Kier molecular flexibility index (Phi) is 5.40. The smallest absolute Gasteiger partial charge is 0.251 e. The first-order valence-corrected chi connectivity index (χ1v) is 7.49. The molecule has 20 heavy (non-hydrogen) atoms. The highest BCUT2D eigenvalue weighted by Gasteiger charge is 2.21. The van der Waals surface area contributed by atoms with Crippen molar-refractivity contribution in [1.29, 1.82) is 0 Å². The standard InChI is InChI=1S/C14H19BrN4O/c1-16-14(19-12-5-6-12)18-8-7-17-13(20)10-3-2-4-11(15)9-10/h2-4,9,12H,5-8H2,1H3,(H,17,20)(H2,16,18,19). The van der Waals surface area contributed by atoms with Gasteiger partial charge < -0.3 is 16.0 Å². The van der Waals surface area contributed by atoms with Crippen molar-refractivity contribution in [3.63, 3.8) is 0 Å². The van der Waals surface area contributed by atoms with E-state index >= 15 is 0 Å². The quantitative estimate of drug-likeness (QED) is 0.433. The second kappa shape index (κ2) is 7.28. The number of carbonyl (C=O) groups is 1. The van der Waals surface area contributed by atoms with Gasteiger partial charge in [-0.2, -0.15) is 0 Å². The Morgan fingerprint density at radius 2 is 2.10 bits per heavy atom. The first kappa shape index (κ1) is 14.8. The van der Waals surface area contributed by atoms with Crippen LogP contribution in [0.3, 0.4) is 0 Å². The van der Waals surface area contributed by atoms with Gasteiger partial charge in [-0.25, -0.2) is 0 Å². The van der Waals surface area contributed by atoms with Crippen LogP contribution in [0.25, 0.3) is 0 Å². The van der Waals surface area contributed by atoms with Crippen LogP contribution in [0, 0.1) is 0 Å². The minimum absolute atomic E-state index is 0.0711. The molecule has 0 spiro atoms. The first-order chi connectivity index (χ1) is 9.69. The highest BCUT2D eigenvalue weighted by Crippen LogP contribution is 2.18. The van der Waals surface area contributed by atoms with Gasteiger partial charge in [0.25, 0.3) is 5.91 Å². The summed E-state index contributed by atoms with van der Waals surface area (Å²) in [6, 6.07) is 7.90. The summed E-state index contributed by atoms with van der Waals surface area (Å²) in [7, 11) is 1.75. The van der Waals surface area contributed by atoms with Crippen molar-refractivity contribution in [2.24, 2.45) is 4.99 Å². The average Bonchev–Trinajstić information content (AvgIpc) is 3.26. The van der Waals surface area contributed by atoms with Gasteiger partial charge in [0, 0.05) is 36.2 Å². The van der Waals surface area contributed by atoms with Gasteiger partial charge in [0.2, 0.25) is 0 Å². The first-order valence-electron chi connectivity index (χ1n) is 6.70. The van der Waals surface area contributed by atoms with Crippen molar-refractivity contribution >= 4 is 27.8 Å². The Bertz CT molecular complexity index is 500. The third-order valence-corrected chi connectivity index (χ3v) is 3.42. The molecule has 0 heterocycles. The van der Waals surface area contributed by atoms with Gasteiger partial charge in [0.15, 0.2) is 5.96 Å². The molecular weight excluding hydrogens is 320 g/mol. The van der Waals surface area contributed by atoms with Crippen molar-refractivity contribution in [1.82, 2.24) is 16.0 Å². The van der Waals surface area contributed by atoms with Crippen molar-refractivity contribution < 1.29 is 4.79 Å². The molecule has 0 saturated heterocycles. The number of guanidine groups is 1. The normalized spacial score (nSPS) is 14.8. The Morgan fingerprint density at radius 1 is 1.35 bits per heavy atom. The molecule has 0 aliphatic heterocycles. The zero-order chi connectivity index (χ0) is 14.4. The Balaban J connectivity index is 1.68. The maximum absolute atomic E-state index is 11.9. The fourth-order valence-electron chi connectivity index (χ4n) is 1.70. The molecule has 6 heteroatoms. The molecule has 1 aromatic carbocycles. The van der Waals surface area contributed by atoms with Crippen LogP contribution in [0.2, 0.25) is 0 Å². The summed E-state index contributed by atoms with van der Waals surface area (Å²) in [5, 5.41) is 9.33. The van der Waals surface area contributed by atoms with Crippen LogP contribution in [0.15, 0.2) is 33.7 Å². The lowest BCUT2D eigenvalue weighted by atomic mass is 10.2. The number of halogens is 1. The summed E-state index contributed by atoms with van der Waals surface area (Å²) in [4.78, 5) is 16.0. The van der Waals surface area contributed by atoms with Crippen LogP contribution in [0.1, 0.15) is 23.2 Å². The molecule has 0 bridgehead atoms. The Labute approximate surface area is 127 Å². The lowest BCUT2D eigenvalue weighted by molar-refractivity contribution is 0.0954. The molecule has 1 aliphatic carbocycles. The van der Waals surface area contributed by atoms with Gasteiger partial charge in [0.05, 0.1) is 0 Å². The van der Waals surface area contributed by atoms with Gasteiger partial charge in [-0.05, 0) is 31.0 Å². The SMILES string of the molecule is CN=C(NCCNC(=O)c1cccc(Br)c1)NC1CC1. The van der Waals surface area contributed by atoms with E-state index in [1.807, 2.05) is 12.1 Å². The van der Waals surface area contributed by atoms with E-state index in [2.05, 4.69) is 36.9 Å². The monoisotopic (exact) mass is 338 g/mol. The lowest BCUT2D eigenvalue weighted by Crippen LogP contribution is -2.42. The molecule has 1 saturated carbocycles. The number of nitrogens with one attached hydrogen (secondary N) is 3. The number of hydrogen-bond donors (Lipinski definition) is 3. The maximum Gasteiger partial charge on any atom is 0.251 e. The predicted molar refractivity (Wildman–Crippen MR) is 84.0 cm³/mol. The van der Waals surface area contributed by atoms with E-state index in [1.165, 1.54) is 12.8 Å². The van der Waals surface area contributed by atoms with Crippen LogP contribution in [-0.4, -0.2) is 38.0 Å². The Hall–Kier alpha value is -1.56. The highest BCUT2D eigenvalue weighted by atomic mass is 79.9. The Morgan fingerprint density at radius 3 is 2.75 bits per heavy atom. The third kappa shape index (κ3) is 4.85. The van der Waals surface area contributed by atoms with Crippen molar-refractivity contribution in [2.75, 3.05) is 20.1 Å². The van der Waals surface area contributed by atoms with E-state index in [0.717, 1.165) is 10.4 Å². The summed E-state index contributed by atoms with van der Waals surface area (Å²) in [6.07, 6.45) is 2.42. The van der Waals surface area contributed by atoms with Crippen LogP contribution in [0.4, 0.5) is 0 Å². The molecule has 0 aromatic heterocycles. The highest BCUT2D eigenvalue weighted by molar-refractivity contribution is 9.10. The van der Waals surface area contributed by atoms with E-state index in [0.29, 0.717) is 24.7 Å². The lowest BCUT2D eigenvalue weighted by Gasteiger charge is -2.11. The van der Waals surface area contributed by atoms with Crippen molar-refractivity contribution in [3.8, 4) is 0 Å². The summed E-state index contributed by atoms with van der Waals surface area (Å²) in [5.74, 6) is 0.724. The van der Waals surface area contributed by atoms with Gasteiger partial charge in [-0.15, -0.1) is 0 Å². The molecule has 5 nitrogen and oxygen atoms in total. The maximum atomic E-state index is 11.9. The molecule has 1 amide bonds. The molecular formula is C14H19BrN4O. The summed E-state index contributed by atoms with van der Waals surface area (Å²) in [5.41, 5.74) is 0.653.